The van der Waals surface area contributed by atoms with Crippen LogP contribution in [0, 0.1) is 0 Å². The van der Waals surface area contributed by atoms with E-state index in [1.165, 1.54) is 0 Å². The van der Waals surface area contributed by atoms with Crippen LogP contribution in [-0.4, -0.2) is 31.0 Å². The molecular weight excluding hydrogens is 308 g/mol. The Morgan fingerprint density at radius 2 is 1.89 bits per heavy atom. The summed E-state index contributed by atoms with van der Waals surface area (Å²) in [5, 5.41) is 12.6. The van der Waals surface area contributed by atoms with Gasteiger partial charge in [0.15, 0.2) is 0 Å². The van der Waals surface area contributed by atoms with Crippen molar-refractivity contribution in [1.29, 1.82) is 0 Å². The van der Waals surface area contributed by atoms with Crippen LogP contribution < -0.4 is 0 Å². The van der Waals surface area contributed by atoms with Gasteiger partial charge in [0.25, 0.3) is 0 Å². The lowest BCUT2D eigenvalue weighted by atomic mass is 9.97. The Bertz CT molecular complexity index is 579. The Kier molecular flexibility index (Phi) is 3.84. The standard InChI is InChI=1S/C15H15BrO3/c16-13-6-5-12(10-3-1-2-4-11(10)13)15(17)14-9-18-7-8-19-14/h1-6,14-15,17H,7-9H2. The van der Waals surface area contributed by atoms with Crippen molar-refractivity contribution in [2.24, 2.45) is 0 Å². The molecule has 3 nitrogen and oxygen atoms in total. The van der Waals surface area contributed by atoms with Crippen molar-refractivity contribution in [3.8, 4) is 0 Å². The first kappa shape index (κ1) is 13.1. The summed E-state index contributed by atoms with van der Waals surface area (Å²) in [6.45, 7) is 1.58. The summed E-state index contributed by atoms with van der Waals surface area (Å²) < 4.78 is 12.0. The molecule has 2 aromatic rings. The lowest BCUT2D eigenvalue weighted by Crippen LogP contribution is -2.33. The lowest BCUT2D eigenvalue weighted by molar-refractivity contribution is -0.133. The van der Waals surface area contributed by atoms with Gasteiger partial charge in [0.1, 0.15) is 12.2 Å². The van der Waals surface area contributed by atoms with E-state index in [1.54, 1.807) is 0 Å². The van der Waals surface area contributed by atoms with Gasteiger partial charge < -0.3 is 14.6 Å². The van der Waals surface area contributed by atoms with Crippen molar-refractivity contribution in [3.63, 3.8) is 0 Å². The molecule has 0 aromatic heterocycles. The molecule has 2 atom stereocenters. The molecule has 4 heteroatoms. The van der Waals surface area contributed by atoms with E-state index in [2.05, 4.69) is 15.9 Å². The Morgan fingerprint density at radius 1 is 1.11 bits per heavy atom. The third-order valence-corrected chi connectivity index (χ3v) is 4.11. The number of hydrogen-bond donors (Lipinski definition) is 1. The second-order valence-electron chi connectivity index (χ2n) is 4.61. The van der Waals surface area contributed by atoms with E-state index in [9.17, 15) is 5.11 Å². The molecule has 2 unspecified atom stereocenters. The fraction of sp³-hybridized carbons (Fsp3) is 0.333. The molecule has 1 fully saturated rings. The minimum atomic E-state index is -0.668. The predicted octanol–water partition coefficient (Wildman–Crippen LogP) is 3.05. The average molecular weight is 323 g/mol. The largest absolute Gasteiger partial charge is 0.386 e. The minimum Gasteiger partial charge on any atom is -0.386 e. The van der Waals surface area contributed by atoms with E-state index in [1.807, 2.05) is 36.4 Å². The highest BCUT2D eigenvalue weighted by Crippen LogP contribution is 2.32. The highest BCUT2D eigenvalue weighted by Gasteiger charge is 2.26. The maximum Gasteiger partial charge on any atom is 0.111 e. The molecule has 1 saturated heterocycles. The number of fused-ring (bicyclic) bond motifs is 1. The first-order valence-corrected chi connectivity index (χ1v) is 7.11. The van der Waals surface area contributed by atoms with Gasteiger partial charge in [-0.15, -0.1) is 0 Å². The first-order chi connectivity index (χ1) is 9.27. The van der Waals surface area contributed by atoms with Gasteiger partial charge in [-0.05, 0) is 22.4 Å². The van der Waals surface area contributed by atoms with Crippen molar-refractivity contribution in [1.82, 2.24) is 0 Å². The SMILES string of the molecule is OC(c1ccc(Br)c2ccccc12)C1COCCO1. The molecule has 0 radical (unpaired) electrons. The second-order valence-corrected chi connectivity index (χ2v) is 5.47. The van der Waals surface area contributed by atoms with Crippen molar-refractivity contribution in [2.75, 3.05) is 19.8 Å². The number of aliphatic hydroxyl groups excluding tert-OH is 1. The summed E-state index contributed by atoms with van der Waals surface area (Å²) in [4.78, 5) is 0. The summed E-state index contributed by atoms with van der Waals surface area (Å²) in [5.41, 5.74) is 0.884. The van der Waals surface area contributed by atoms with Crippen molar-refractivity contribution in [3.05, 3.63) is 46.4 Å². The van der Waals surface area contributed by atoms with Gasteiger partial charge in [-0.1, -0.05) is 46.3 Å². The fourth-order valence-electron chi connectivity index (χ4n) is 2.43. The van der Waals surface area contributed by atoms with Gasteiger partial charge in [0.05, 0.1) is 19.8 Å². The molecular formula is C15H15BrO3. The molecule has 0 spiro atoms. The van der Waals surface area contributed by atoms with Gasteiger partial charge in [-0.25, -0.2) is 0 Å². The van der Waals surface area contributed by atoms with E-state index >= 15 is 0 Å². The third-order valence-electron chi connectivity index (χ3n) is 3.42. The van der Waals surface area contributed by atoms with Crippen LogP contribution in [0.15, 0.2) is 40.9 Å². The number of rotatable bonds is 2. The Hall–Kier alpha value is -0.940. The summed E-state index contributed by atoms with van der Waals surface area (Å²) in [6, 6.07) is 11.9. The minimum absolute atomic E-state index is 0.293. The molecule has 2 aromatic carbocycles. The zero-order valence-electron chi connectivity index (χ0n) is 10.4. The Labute approximate surface area is 120 Å². The number of benzene rings is 2. The number of halogens is 1. The Balaban J connectivity index is 2.02. The second kappa shape index (κ2) is 5.59. The highest BCUT2D eigenvalue weighted by atomic mass is 79.9. The van der Waals surface area contributed by atoms with Crippen LogP contribution in [-0.2, 0) is 9.47 Å². The summed E-state index contributed by atoms with van der Waals surface area (Å²) >= 11 is 3.54. The predicted molar refractivity (Wildman–Crippen MR) is 77.2 cm³/mol. The topological polar surface area (TPSA) is 38.7 Å². The summed E-state index contributed by atoms with van der Waals surface area (Å²) in [5.74, 6) is 0. The van der Waals surface area contributed by atoms with Gasteiger partial charge in [-0.3, -0.25) is 0 Å². The van der Waals surface area contributed by atoms with Crippen molar-refractivity contribution >= 4 is 26.7 Å². The Morgan fingerprint density at radius 3 is 2.63 bits per heavy atom. The lowest BCUT2D eigenvalue weighted by Gasteiger charge is -2.28. The first-order valence-electron chi connectivity index (χ1n) is 6.32. The molecule has 1 N–H and O–H groups in total. The van der Waals surface area contributed by atoms with Crippen LogP contribution in [0.2, 0.25) is 0 Å². The van der Waals surface area contributed by atoms with Crippen LogP contribution in [0.4, 0.5) is 0 Å². The smallest absolute Gasteiger partial charge is 0.111 e. The van der Waals surface area contributed by atoms with Crippen molar-refractivity contribution < 1.29 is 14.6 Å². The molecule has 1 aliphatic heterocycles. The van der Waals surface area contributed by atoms with Crippen molar-refractivity contribution in [2.45, 2.75) is 12.2 Å². The number of aliphatic hydroxyl groups is 1. The molecule has 3 rings (SSSR count). The molecule has 19 heavy (non-hydrogen) atoms. The molecule has 0 aliphatic carbocycles. The fourth-order valence-corrected chi connectivity index (χ4v) is 2.91. The van der Waals surface area contributed by atoms with E-state index in [0.29, 0.717) is 19.8 Å². The highest BCUT2D eigenvalue weighted by molar-refractivity contribution is 9.10. The van der Waals surface area contributed by atoms with E-state index in [0.717, 1.165) is 20.8 Å². The zero-order valence-corrected chi connectivity index (χ0v) is 12.0. The average Bonchev–Trinajstić information content (AvgIpc) is 2.48. The van der Waals surface area contributed by atoms with Gasteiger partial charge >= 0.3 is 0 Å². The van der Waals surface area contributed by atoms with Gasteiger partial charge in [0.2, 0.25) is 0 Å². The number of ether oxygens (including phenoxy) is 2. The van der Waals surface area contributed by atoms with E-state index in [-0.39, 0.29) is 6.10 Å². The summed E-state index contributed by atoms with van der Waals surface area (Å²) in [7, 11) is 0. The summed E-state index contributed by atoms with van der Waals surface area (Å²) in [6.07, 6.45) is -0.961. The third kappa shape index (κ3) is 2.54. The number of hydrogen-bond acceptors (Lipinski definition) is 3. The van der Waals surface area contributed by atoms with Gasteiger partial charge in [-0.2, -0.15) is 0 Å². The molecule has 0 saturated carbocycles. The maximum atomic E-state index is 10.5. The molecule has 1 heterocycles. The monoisotopic (exact) mass is 322 g/mol. The van der Waals surface area contributed by atoms with Crippen LogP contribution in [0.25, 0.3) is 10.8 Å². The maximum absolute atomic E-state index is 10.5. The van der Waals surface area contributed by atoms with E-state index < -0.39 is 6.10 Å². The quantitative estimate of drug-likeness (QED) is 0.923. The van der Waals surface area contributed by atoms with Crippen LogP contribution >= 0.6 is 15.9 Å². The molecule has 100 valence electrons. The van der Waals surface area contributed by atoms with Crippen LogP contribution in [0.3, 0.4) is 0 Å². The normalized spacial score (nSPS) is 21.5. The zero-order chi connectivity index (χ0) is 13.2. The van der Waals surface area contributed by atoms with E-state index in [4.69, 9.17) is 9.47 Å². The molecule has 1 aliphatic rings. The molecule has 0 amide bonds. The van der Waals surface area contributed by atoms with Crippen LogP contribution in [0.1, 0.15) is 11.7 Å². The molecule has 0 bridgehead atoms. The van der Waals surface area contributed by atoms with Crippen LogP contribution in [0.5, 0.6) is 0 Å². The van der Waals surface area contributed by atoms with Gasteiger partial charge in [0, 0.05) is 4.47 Å².